The topological polar surface area (TPSA) is 98.1 Å². The Bertz CT molecular complexity index is 1060. The van der Waals surface area contributed by atoms with Crippen molar-refractivity contribution in [3.63, 3.8) is 0 Å². The third-order valence-corrected chi connectivity index (χ3v) is 4.24. The number of carbonyl (C=O) groups excluding carboxylic acids is 2. The summed E-state index contributed by atoms with van der Waals surface area (Å²) < 4.78 is 4.80. The molecular weight excluding hydrogens is 370 g/mol. The quantitative estimate of drug-likeness (QED) is 0.671. The summed E-state index contributed by atoms with van der Waals surface area (Å²) in [6.45, 7) is 5.69. The van der Waals surface area contributed by atoms with Gasteiger partial charge in [-0.2, -0.15) is 9.90 Å². The number of ether oxygens (including phenoxy) is 1. The van der Waals surface area contributed by atoms with Crippen LogP contribution in [0.15, 0.2) is 42.5 Å². The lowest BCUT2D eigenvalue weighted by Gasteiger charge is -2.08. The monoisotopic (exact) mass is 393 g/mol. The Labute approximate surface area is 168 Å². The molecule has 2 N–H and O–H groups in total. The Morgan fingerprint density at radius 3 is 2.41 bits per heavy atom. The highest BCUT2D eigenvalue weighted by Gasteiger charge is 2.17. The molecule has 0 aliphatic rings. The molecule has 0 atom stereocenters. The van der Waals surface area contributed by atoms with Crippen LogP contribution in [0.4, 0.5) is 11.4 Å². The summed E-state index contributed by atoms with van der Waals surface area (Å²) in [5.41, 5.74) is 4.83. The smallest absolute Gasteiger partial charge is 0.278 e. The zero-order chi connectivity index (χ0) is 21.0. The van der Waals surface area contributed by atoms with E-state index in [2.05, 4.69) is 20.8 Å². The van der Waals surface area contributed by atoms with Gasteiger partial charge in [0.05, 0.1) is 11.4 Å². The van der Waals surface area contributed by atoms with Gasteiger partial charge in [-0.3, -0.25) is 9.59 Å². The molecule has 1 aromatic heterocycles. The average Bonchev–Trinajstić information content (AvgIpc) is 3.03. The van der Waals surface area contributed by atoms with Crippen LogP contribution in [-0.4, -0.2) is 40.5 Å². The zero-order valence-corrected chi connectivity index (χ0v) is 16.8. The zero-order valence-electron chi connectivity index (χ0n) is 16.8. The number of hydrogen-bond acceptors (Lipinski definition) is 5. The van der Waals surface area contributed by atoms with Gasteiger partial charge in [0, 0.05) is 18.5 Å². The van der Waals surface area contributed by atoms with Crippen LogP contribution in [-0.2, 0) is 9.53 Å². The molecule has 1 heterocycles. The van der Waals surface area contributed by atoms with Crippen LogP contribution in [0.1, 0.15) is 27.3 Å². The number of nitrogens with zero attached hydrogens (tertiary/aromatic N) is 3. The van der Waals surface area contributed by atoms with Crippen molar-refractivity contribution in [2.24, 2.45) is 0 Å². The van der Waals surface area contributed by atoms with Crippen molar-refractivity contribution < 1.29 is 14.3 Å². The van der Waals surface area contributed by atoms with Crippen LogP contribution < -0.4 is 10.6 Å². The SMILES string of the molecule is COCC(=O)Nc1cccc(NC(=O)c2nn(-c3ccc(C)cc3C)nc2C)c1. The number of nitrogens with one attached hydrogen (secondary N) is 2. The van der Waals surface area contributed by atoms with Crippen molar-refractivity contribution in [2.45, 2.75) is 20.8 Å². The van der Waals surface area contributed by atoms with Crippen LogP contribution in [0.25, 0.3) is 5.69 Å². The van der Waals surface area contributed by atoms with Gasteiger partial charge in [-0.25, -0.2) is 0 Å². The maximum absolute atomic E-state index is 12.7. The van der Waals surface area contributed by atoms with E-state index in [1.807, 2.05) is 32.0 Å². The molecule has 0 fully saturated rings. The highest BCUT2D eigenvalue weighted by Crippen LogP contribution is 2.18. The van der Waals surface area contributed by atoms with Crippen molar-refractivity contribution in [2.75, 3.05) is 24.4 Å². The third kappa shape index (κ3) is 4.85. The van der Waals surface area contributed by atoms with E-state index in [0.29, 0.717) is 17.1 Å². The van der Waals surface area contributed by atoms with Gasteiger partial charge in [-0.05, 0) is 50.6 Å². The molecule has 0 spiro atoms. The summed E-state index contributed by atoms with van der Waals surface area (Å²) in [5, 5.41) is 14.2. The molecular formula is C21H23N5O3. The van der Waals surface area contributed by atoms with E-state index in [0.717, 1.165) is 16.8 Å². The minimum absolute atomic E-state index is 0.0443. The summed E-state index contributed by atoms with van der Waals surface area (Å²) in [5.74, 6) is -0.651. The van der Waals surface area contributed by atoms with Gasteiger partial charge in [-0.1, -0.05) is 23.8 Å². The molecule has 8 nitrogen and oxygen atoms in total. The number of methoxy groups -OCH3 is 1. The van der Waals surface area contributed by atoms with Gasteiger partial charge in [-0.15, -0.1) is 5.10 Å². The average molecular weight is 393 g/mol. The fraction of sp³-hybridized carbons (Fsp3) is 0.238. The lowest BCUT2D eigenvalue weighted by molar-refractivity contribution is -0.119. The number of carbonyl (C=O) groups is 2. The van der Waals surface area contributed by atoms with Crippen molar-refractivity contribution >= 4 is 23.2 Å². The Morgan fingerprint density at radius 1 is 1.00 bits per heavy atom. The van der Waals surface area contributed by atoms with Crippen LogP contribution in [0.5, 0.6) is 0 Å². The first-order valence-electron chi connectivity index (χ1n) is 9.09. The number of hydrogen-bond donors (Lipinski definition) is 2. The van der Waals surface area contributed by atoms with Gasteiger partial charge in [0.1, 0.15) is 6.61 Å². The minimum atomic E-state index is -0.376. The maximum Gasteiger partial charge on any atom is 0.278 e. The van der Waals surface area contributed by atoms with Crippen LogP contribution in [0, 0.1) is 20.8 Å². The van der Waals surface area contributed by atoms with Crippen molar-refractivity contribution in [3.8, 4) is 5.69 Å². The van der Waals surface area contributed by atoms with E-state index in [4.69, 9.17) is 4.74 Å². The Kier molecular flexibility index (Phi) is 6.04. The first-order chi connectivity index (χ1) is 13.9. The lowest BCUT2D eigenvalue weighted by atomic mass is 10.1. The second-order valence-corrected chi connectivity index (χ2v) is 6.73. The van der Waals surface area contributed by atoms with Crippen LogP contribution >= 0.6 is 0 Å². The molecule has 3 aromatic rings. The van der Waals surface area contributed by atoms with Gasteiger partial charge < -0.3 is 15.4 Å². The van der Waals surface area contributed by atoms with Gasteiger partial charge >= 0.3 is 0 Å². The summed E-state index contributed by atoms with van der Waals surface area (Å²) in [4.78, 5) is 25.8. The van der Waals surface area contributed by atoms with E-state index in [1.165, 1.54) is 11.9 Å². The second kappa shape index (κ2) is 8.66. The van der Waals surface area contributed by atoms with E-state index in [9.17, 15) is 9.59 Å². The van der Waals surface area contributed by atoms with Crippen LogP contribution in [0.3, 0.4) is 0 Å². The molecule has 0 saturated carbocycles. The molecule has 0 saturated heterocycles. The van der Waals surface area contributed by atoms with Crippen molar-refractivity contribution in [1.29, 1.82) is 0 Å². The number of anilines is 2. The number of rotatable bonds is 6. The van der Waals surface area contributed by atoms with Crippen molar-refractivity contribution in [3.05, 3.63) is 65.0 Å². The molecule has 0 radical (unpaired) electrons. The maximum atomic E-state index is 12.7. The highest BCUT2D eigenvalue weighted by molar-refractivity contribution is 6.04. The first-order valence-corrected chi connectivity index (χ1v) is 9.09. The summed E-state index contributed by atoms with van der Waals surface area (Å²) >= 11 is 0. The summed E-state index contributed by atoms with van der Waals surface area (Å²) in [7, 11) is 1.45. The minimum Gasteiger partial charge on any atom is -0.375 e. The second-order valence-electron chi connectivity index (χ2n) is 6.73. The van der Waals surface area contributed by atoms with Crippen molar-refractivity contribution in [1.82, 2.24) is 15.0 Å². The Morgan fingerprint density at radius 2 is 1.72 bits per heavy atom. The van der Waals surface area contributed by atoms with Crippen LogP contribution in [0.2, 0.25) is 0 Å². The fourth-order valence-electron chi connectivity index (χ4n) is 2.92. The number of benzene rings is 2. The molecule has 2 amide bonds. The van der Waals surface area contributed by atoms with E-state index >= 15 is 0 Å². The highest BCUT2D eigenvalue weighted by atomic mass is 16.5. The molecule has 0 aliphatic heterocycles. The van der Waals surface area contributed by atoms with E-state index < -0.39 is 0 Å². The summed E-state index contributed by atoms with van der Waals surface area (Å²) in [6.07, 6.45) is 0. The standard InChI is InChI=1S/C21H23N5O3/c1-13-8-9-18(14(2)10-13)26-24-15(3)20(25-26)21(28)23-17-7-5-6-16(11-17)22-19(27)12-29-4/h5-11H,12H2,1-4H3,(H,22,27)(H,23,28). The number of aromatic nitrogens is 3. The van der Waals surface area contributed by atoms with Gasteiger partial charge in [0.2, 0.25) is 5.91 Å². The van der Waals surface area contributed by atoms with E-state index in [1.54, 1.807) is 31.2 Å². The largest absolute Gasteiger partial charge is 0.375 e. The molecule has 0 bridgehead atoms. The predicted molar refractivity (Wildman–Crippen MR) is 110 cm³/mol. The van der Waals surface area contributed by atoms with Gasteiger partial charge in [0.15, 0.2) is 5.69 Å². The molecule has 2 aromatic carbocycles. The number of amides is 2. The third-order valence-electron chi connectivity index (χ3n) is 4.24. The molecule has 0 unspecified atom stereocenters. The molecule has 3 rings (SSSR count). The van der Waals surface area contributed by atoms with E-state index in [-0.39, 0.29) is 24.1 Å². The normalized spacial score (nSPS) is 10.6. The fourth-order valence-corrected chi connectivity index (χ4v) is 2.92. The Balaban J connectivity index is 1.78. The summed E-state index contributed by atoms with van der Waals surface area (Å²) in [6, 6.07) is 12.8. The predicted octanol–water partition coefficient (Wildman–Crippen LogP) is 3.03. The molecule has 150 valence electrons. The molecule has 29 heavy (non-hydrogen) atoms. The number of aryl methyl sites for hydroxylation is 3. The molecule has 8 heteroatoms. The first kappa shape index (κ1) is 20.2. The van der Waals surface area contributed by atoms with Gasteiger partial charge in [0.25, 0.3) is 5.91 Å². The lowest BCUT2D eigenvalue weighted by Crippen LogP contribution is -2.18. The Hall–Kier alpha value is -3.52. The molecule has 0 aliphatic carbocycles.